The summed E-state index contributed by atoms with van der Waals surface area (Å²) in [7, 11) is 0. The van der Waals surface area contributed by atoms with Gasteiger partial charge in [-0.3, -0.25) is 5.84 Å². The van der Waals surface area contributed by atoms with Gasteiger partial charge in [0.1, 0.15) is 0 Å². The first-order valence-corrected chi connectivity index (χ1v) is 5.68. The third kappa shape index (κ3) is 3.70. The van der Waals surface area contributed by atoms with E-state index in [0.29, 0.717) is 5.41 Å². The molecule has 0 heterocycles. The molecule has 0 fully saturated rings. The molecule has 88 valence electrons. The van der Waals surface area contributed by atoms with Crippen molar-refractivity contribution in [3.05, 3.63) is 35.4 Å². The zero-order valence-corrected chi connectivity index (χ0v) is 10.7. The number of anilines is 1. The second-order valence-electron chi connectivity index (χ2n) is 5.30. The zero-order chi connectivity index (χ0) is 12.2. The van der Waals surface area contributed by atoms with E-state index in [1.165, 1.54) is 5.56 Å². The number of rotatable bonds is 3. The molecule has 1 aromatic carbocycles. The normalized spacial score (nSPS) is 12.1. The van der Waals surface area contributed by atoms with E-state index < -0.39 is 0 Å². The van der Waals surface area contributed by atoms with E-state index in [1.807, 2.05) is 13.0 Å². The van der Waals surface area contributed by atoms with E-state index in [-0.39, 0.29) is 0 Å². The minimum absolute atomic E-state index is 0.300. The first-order chi connectivity index (χ1) is 7.46. The van der Waals surface area contributed by atoms with Crippen LogP contribution in [0.5, 0.6) is 0 Å². The SMILES string of the molecule is C/C=C\c1ccc(CC(C)(C)C)cc1NN. The Morgan fingerprint density at radius 1 is 1.31 bits per heavy atom. The highest BCUT2D eigenvalue weighted by atomic mass is 15.2. The van der Waals surface area contributed by atoms with Gasteiger partial charge in [-0.2, -0.15) is 0 Å². The van der Waals surface area contributed by atoms with Gasteiger partial charge in [0.2, 0.25) is 0 Å². The molecule has 0 aliphatic rings. The Balaban J connectivity index is 2.99. The molecular formula is C14H22N2. The van der Waals surface area contributed by atoms with Crippen LogP contribution in [0.1, 0.15) is 38.8 Å². The molecule has 2 heteroatoms. The van der Waals surface area contributed by atoms with Gasteiger partial charge >= 0.3 is 0 Å². The summed E-state index contributed by atoms with van der Waals surface area (Å²) >= 11 is 0. The maximum Gasteiger partial charge on any atom is 0.0560 e. The Kier molecular flexibility index (Phi) is 4.13. The third-order valence-corrected chi connectivity index (χ3v) is 2.35. The van der Waals surface area contributed by atoms with Crippen LogP contribution in [0.3, 0.4) is 0 Å². The minimum Gasteiger partial charge on any atom is -0.324 e. The lowest BCUT2D eigenvalue weighted by Crippen LogP contribution is -2.12. The summed E-state index contributed by atoms with van der Waals surface area (Å²) in [5, 5.41) is 0. The van der Waals surface area contributed by atoms with Crippen molar-refractivity contribution < 1.29 is 0 Å². The van der Waals surface area contributed by atoms with E-state index >= 15 is 0 Å². The predicted octanol–water partition coefficient (Wildman–Crippen LogP) is 3.59. The van der Waals surface area contributed by atoms with E-state index in [0.717, 1.165) is 17.7 Å². The maximum absolute atomic E-state index is 5.53. The van der Waals surface area contributed by atoms with Gasteiger partial charge in [0.15, 0.2) is 0 Å². The number of nitrogens with one attached hydrogen (secondary N) is 1. The van der Waals surface area contributed by atoms with E-state index in [9.17, 15) is 0 Å². The third-order valence-electron chi connectivity index (χ3n) is 2.35. The molecule has 0 saturated heterocycles. The molecule has 0 aromatic heterocycles. The van der Waals surface area contributed by atoms with Crippen LogP contribution >= 0.6 is 0 Å². The highest BCUT2D eigenvalue weighted by molar-refractivity contribution is 5.66. The zero-order valence-electron chi connectivity index (χ0n) is 10.7. The molecule has 1 aromatic rings. The van der Waals surface area contributed by atoms with Crippen LogP contribution in [-0.2, 0) is 6.42 Å². The van der Waals surface area contributed by atoms with Gasteiger partial charge in [0.25, 0.3) is 0 Å². The van der Waals surface area contributed by atoms with Crippen molar-refractivity contribution in [2.24, 2.45) is 11.3 Å². The average molecular weight is 218 g/mol. The van der Waals surface area contributed by atoms with Crippen molar-refractivity contribution in [3.63, 3.8) is 0 Å². The van der Waals surface area contributed by atoms with Crippen molar-refractivity contribution in [2.75, 3.05) is 5.43 Å². The first-order valence-electron chi connectivity index (χ1n) is 5.68. The summed E-state index contributed by atoms with van der Waals surface area (Å²) in [4.78, 5) is 0. The summed E-state index contributed by atoms with van der Waals surface area (Å²) in [5.74, 6) is 5.53. The predicted molar refractivity (Wildman–Crippen MR) is 72.1 cm³/mol. The number of hydrogen-bond donors (Lipinski definition) is 2. The number of nitrogens with two attached hydrogens (primary N) is 1. The maximum atomic E-state index is 5.53. The van der Waals surface area contributed by atoms with Crippen molar-refractivity contribution in [3.8, 4) is 0 Å². The minimum atomic E-state index is 0.300. The smallest absolute Gasteiger partial charge is 0.0560 e. The van der Waals surface area contributed by atoms with Gasteiger partial charge in [-0.15, -0.1) is 0 Å². The molecule has 1 rings (SSSR count). The highest BCUT2D eigenvalue weighted by Gasteiger charge is 2.12. The largest absolute Gasteiger partial charge is 0.324 e. The fraction of sp³-hybridized carbons (Fsp3) is 0.429. The van der Waals surface area contributed by atoms with Gasteiger partial charge in [-0.25, -0.2) is 0 Å². The Morgan fingerprint density at radius 3 is 2.50 bits per heavy atom. The number of hydrazine groups is 1. The lowest BCUT2D eigenvalue weighted by Gasteiger charge is -2.19. The molecule has 0 saturated carbocycles. The summed E-state index contributed by atoms with van der Waals surface area (Å²) in [6, 6.07) is 6.40. The summed E-state index contributed by atoms with van der Waals surface area (Å²) < 4.78 is 0. The van der Waals surface area contributed by atoms with Gasteiger partial charge in [0.05, 0.1) is 5.69 Å². The van der Waals surface area contributed by atoms with E-state index in [1.54, 1.807) is 0 Å². The van der Waals surface area contributed by atoms with Crippen LogP contribution in [0.25, 0.3) is 6.08 Å². The summed E-state index contributed by atoms with van der Waals surface area (Å²) in [5.41, 5.74) is 6.48. The number of hydrogen-bond acceptors (Lipinski definition) is 2. The molecule has 0 unspecified atom stereocenters. The molecule has 0 amide bonds. The van der Waals surface area contributed by atoms with Crippen molar-refractivity contribution >= 4 is 11.8 Å². The summed E-state index contributed by atoms with van der Waals surface area (Å²) in [6.45, 7) is 8.72. The Morgan fingerprint density at radius 2 is 2.00 bits per heavy atom. The van der Waals surface area contributed by atoms with Crippen molar-refractivity contribution in [2.45, 2.75) is 34.1 Å². The van der Waals surface area contributed by atoms with E-state index in [2.05, 4.69) is 50.5 Å². The molecule has 0 aliphatic carbocycles. The molecule has 0 aliphatic heterocycles. The average Bonchev–Trinajstić information content (AvgIpc) is 2.18. The Labute approximate surface area is 98.5 Å². The van der Waals surface area contributed by atoms with Crippen LogP contribution in [-0.4, -0.2) is 0 Å². The van der Waals surface area contributed by atoms with Gasteiger partial charge in [-0.1, -0.05) is 45.1 Å². The quantitative estimate of drug-likeness (QED) is 0.601. The first kappa shape index (κ1) is 12.8. The number of allylic oxidation sites excluding steroid dienone is 1. The van der Waals surface area contributed by atoms with Gasteiger partial charge in [0, 0.05) is 0 Å². The Hall–Kier alpha value is -1.28. The summed E-state index contributed by atoms with van der Waals surface area (Å²) in [6.07, 6.45) is 5.12. The van der Waals surface area contributed by atoms with Crippen LogP contribution in [0, 0.1) is 5.41 Å². The van der Waals surface area contributed by atoms with Crippen LogP contribution < -0.4 is 11.3 Å². The fourth-order valence-electron chi connectivity index (χ4n) is 1.78. The molecule has 3 N–H and O–H groups in total. The van der Waals surface area contributed by atoms with Crippen molar-refractivity contribution in [1.82, 2.24) is 0 Å². The number of benzene rings is 1. The monoisotopic (exact) mass is 218 g/mol. The second kappa shape index (κ2) is 5.17. The molecule has 16 heavy (non-hydrogen) atoms. The van der Waals surface area contributed by atoms with Crippen LogP contribution in [0.15, 0.2) is 24.3 Å². The molecule has 2 nitrogen and oxygen atoms in total. The lowest BCUT2D eigenvalue weighted by atomic mass is 9.87. The van der Waals surface area contributed by atoms with Crippen molar-refractivity contribution in [1.29, 1.82) is 0 Å². The molecular weight excluding hydrogens is 196 g/mol. The molecule has 0 radical (unpaired) electrons. The van der Waals surface area contributed by atoms with Crippen LogP contribution in [0.4, 0.5) is 5.69 Å². The molecule has 0 spiro atoms. The van der Waals surface area contributed by atoms with Gasteiger partial charge in [-0.05, 0) is 36.0 Å². The lowest BCUT2D eigenvalue weighted by molar-refractivity contribution is 0.411. The number of nitrogen functional groups attached to an aromatic ring is 1. The topological polar surface area (TPSA) is 38.0 Å². The van der Waals surface area contributed by atoms with Crippen LogP contribution in [0.2, 0.25) is 0 Å². The van der Waals surface area contributed by atoms with Gasteiger partial charge < -0.3 is 5.43 Å². The standard InChI is InChI=1S/C14H22N2/c1-5-6-12-8-7-11(9-13(12)16-15)10-14(2,3)4/h5-9,16H,10,15H2,1-4H3/b6-5-. The molecule has 0 atom stereocenters. The Bertz CT molecular complexity index is 373. The fourth-order valence-corrected chi connectivity index (χ4v) is 1.78. The van der Waals surface area contributed by atoms with E-state index in [4.69, 9.17) is 5.84 Å². The molecule has 0 bridgehead atoms. The highest BCUT2D eigenvalue weighted by Crippen LogP contribution is 2.24. The second-order valence-corrected chi connectivity index (χ2v) is 5.30.